The molecule has 1 aliphatic carbocycles. The molecular formula is C13H27Cl2N3O. The quantitative estimate of drug-likeness (QED) is 0.838. The van der Waals surface area contributed by atoms with E-state index in [9.17, 15) is 4.79 Å². The first-order valence-electron chi connectivity index (χ1n) is 6.88. The van der Waals surface area contributed by atoms with Gasteiger partial charge in [-0.25, -0.2) is 0 Å². The molecule has 2 fully saturated rings. The van der Waals surface area contributed by atoms with Crippen LogP contribution in [-0.2, 0) is 4.79 Å². The molecule has 1 heterocycles. The number of amides is 1. The number of nitrogens with zero attached hydrogens (tertiary/aromatic N) is 2. The van der Waals surface area contributed by atoms with Gasteiger partial charge in [0.05, 0.1) is 0 Å². The minimum atomic E-state index is 0. The molecule has 0 radical (unpaired) electrons. The van der Waals surface area contributed by atoms with E-state index in [0.717, 1.165) is 58.4 Å². The van der Waals surface area contributed by atoms with E-state index in [2.05, 4.69) is 16.8 Å². The van der Waals surface area contributed by atoms with Crippen molar-refractivity contribution in [2.24, 2.45) is 17.6 Å². The number of carbonyl (C=O) groups is 1. The molecule has 1 amide bonds. The monoisotopic (exact) mass is 311 g/mol. The van der Waals surface area contributed by atoms with Gasteiger partial charge in [-0.3, -0.25) is 4.79 Å². The van der Waals surface area contributed by atoms with E-state index in [1.165, 1.54) is 0 Å². The highest BCUT2D eigenvalue weighted by Gasteiger charge is 2.30. The van der Waals surface area contributed by atoms with Gasteiger partial charge in [0.15, 0.2) is 0 Å². The topological polar surface area (TPSA) is 49.6 Å². The van der Waals surface area contributed by atoms with Gasteiger partial charge in [0.1, 0.15) is 0 Å². The summed E-state index contributed by atoms with van der Waals surface area (Å²) >= 11 is 0. The van der Waals surface area contributed by atoms with Gasteiger partial charge in [0.25, 0.3) is 0 Å². The minimum Gasteiger partial charge on any atom is -0.340 e. The molecule has 1 saturated heterocycles. The fourth-order valence-electron chi connectivity index (χ4n) is 2.93. The second-order valence-electron chi connectivity index (χ2n) is 5.58. The van der Waals surface area contributed by atoms with Crippen LogP contribution in [0.3, 0.4) is 0 Å². The van der Waals surface area contributed by atoms with Crippen molar-refractivity contribution in [1.29, 1.82) is 0 Å². The lowest BCUT2D eigenvalue weighted by atomic mass is 9.81. The van der Waals surface area contributed by atoms with Crippen molar-refractivity contribution in [3.05, 3.63) is 0 Å². The van der Waals surface area contributed by atoms with E-state index in [0.29, 0.717) is 11.8 Å². The standard InChI is InChI=1S/C13H25N3O.2ClH/c1-15-6-8-16(9-7-15)13(17)12-4-2-11(10-14)3-5-12;;/h11-12H,2-10,14H2,1H3;2*1H. The second kappa shape index (κ2) is 9.01. The van der Waals surface area contributed by atoms with Gasteiger partial charge in [0, 0.05) is 32.1 Å². The summed E-state index contributed by atoms with van der Waals surface area (Å²) in [7, 11) is 2.12. The molecule has 0 unspecified atom stereocenters. The largest absolute Gasteiger partial charge is 0.340 e. The van der Waals surface area contributed by atoms with Crippen molar-refractivity contribution in [2.45, 2.75) is 25.7 Å². The number of rotatable bonds is 2. The Morgan fingerprint density at radius 3 is 2.05 bits per heavy atom. The first kappa shape index (κ1) is 19.0. The van der Waals surface area contributed by atoms with Gasteiger partial charge >= 0.3 is 0 Å². The Balaban J connectivity index is 0.00000162. The third kappa shape index (κ3) is 5.10. The SMILES string of the molecule is CN1CCN(C(=O)C2CCC(CN)CC2)CC1.Cl.Cl. The lowest BCUT2D eigenvalue weighted by Crippen LogP contribution is -2.49. The summed E-state index contributed by atoms with van der Waals surface area (Å²) in [6, 6.07) is 0. The fraction of sp³-hybridized carbons (Fsp3) is 0.923. The maximum Gasteiger partial charge on any atom is 0.225 e. The van der Waals surface area contributed by atoms with Gasteiger partial charge < -0.3 is 15.5 Å². The van der Waals surface area contributed by atoms with Gasteiger partial charge in [-0.2, -0.15) is 0 Å². The first-order valence-corrected chi connectivity index (χ1v) is 6.88. The van der Waals surface area contributed by atoms with Crippen LogP contribution in [-0.4, -0.2) is 55.5 Å². The molecule has 0 aromatic rings. The van der Waals surface area contributed by atoms with E-state index in [1.54, 1.807) is 0 Å². The number of piperazine rings is 1. The van der Waals surface area contributed by atoms with Crippen LogP contribution in [0.1, 0.15) is 25.7 Å². The number of hydrogen-bond donors (Lipinski definition) is 1. The summed E-state index contributed by atoms with van der Waals surface area (Å²) in [6.07, 6.45) is 4.38. The Kier molecular flexibility index (Phi) is 8.99. The number of halogens is 2. The van der Waals surface area contributed by atoms with E-state index in [1.807, 2.05) is 0 Å². The molecular weight excluding hydrogens is 285 g/mol. The molecule has 0 bridgehead atoms. The zero-order valence-corrected chi connectivity index (χ0v) is 13.3. The van der Waals surface area contributed by atoms with Crippen LogP contribution in [0.4, 0.5) is 0 Å². The summed E-state index contributed by atoms with van der Waals surface area (Å²) in [4.78, 5) is 16.7. The Bertz CT molecular complexity index is 263. The maximum atomic E-state index is 12.3. The van der Waals surface area contributed by atoms with Gasteiger partial charge in [-0.05, 0) is 45.2 Å². The number of hydrogen-bond acceptors (Lipinski definition) is 3. The Morgan fingerprint density at radius 1 is 1.05 bits per heavy atom. The third-order valence-corrected chi connectivity index (χ3v) is 4.34. The van der Waals surface area contributed by atoms with Crippen molar-refractivity contribution in [2.75, 3.05) is 39.8 Å². The number of nitrogens with two attached hydrogens (primary N) is 1. The molecule has 0 aromatic carbocycles. The van der Waals surface area contributed by atoms with Crippen LogP contribution in [0.15, 0.2) is 0 Å². The number of likely N-dealkylation sites (N-methyl/N-ethyl adjacent to an activating group) is 1. The summed E-state index contributed by atoms with van der Waals surface area (Å²) in [5.74, 6) is 1.33. The number of carbonyl (C=O) groups excluding carboxylic acids is 1. The summed E-state index contributed by atoms with van der Waals surface area (Å²) in [6.45, 7) is 4.64. The molecule has 2 aliphatic rings. The van der Waals surface area contributed by atoms with E-state index in [-0.39, 0.29) is 30.7 Å². The highest BCUT2D eigenvalue weighted by molar-refractivity contribution is 5.85. The zero-order valence-electron chi connectivity index (χ0n) is 11.7. The van der Waals surface area contributed by atoms with Crippen LogP contribution >= 0.6 is 24.8 Å². The van der Waals surface area contributed by atoms with Crippen LogP contribution < -0.4 is 5.73 Å². The summed E-state index contributed by atoms with van der Waals surface area (Å²) < 4.78 is 0. The molecule has 0 aromatic heterocycles. The average molecular weight is 312 g/mol. The van der Waals surface area contributed by atoms with E-state index in [4.69, 9.17) is 5.73 Å². The molecule has 1 saturated carbocycles. The third-order valence-electron chi connectivity index (χ3n) is 4.34. The van der Waals surface area contributed by atoms with E-state index < -0.39 is 0 Å². The second-order valence-corrected chi connectivity index (χ2v) is 5.58. The molecule has 4 nitrogen and oxygen atoms in total. The molecule has 1 aliphatic heterocycles. The van der Waals surface area contributed by atoms with Crippen LogP contribution in [0.5, 0.6) is 0 Å². The van der Waals surface area contributed by atoms with Crippen LogP contribution in [0, 0.1) is 11.8 Å². The Morgan fingerprint density at radius 2 is 1.58 bits per heavy atom. The first-order chi connectivity index (χ1) is 8.20. The molecule has 0 spiro atoms. The lowest BCUT2D eigenvalue weighted by molar-refractivity contribution is -0.138. The summed E-state index contributed by atoms with van der Waals surface area (Å²) in [5, 5.41) is 0. The molecule has 0 atom stereocenters. The van der Waals surface area contributed by atoms with Crippen molar-refractivity contribution >= 4 is 30.7 Å². The normalized spacial score (nSPS) is 28.2. The van der Waals surface area contributed by atoms with Gasteiger partial charge in [0.2, 0.25) is 5.91 Å². The van der Waals surface area contributed by atoms with Crippen LogP contribution in [0.2, 0.25) is 0 Å². The highest BCUT2D eigenvalue weighted by atomic mass is 35.5. The van der Waals surface area contributed by atoms with Gasteiger partial charge in [-0.1, -0.05) is 0 Å². The highest BCUT2D eigenvalue weighted by Crippen LogP contribution is 2.29. The van der Waals surface area contributed by atoms with Crippen molar-refractivity contribution < 1.29 is 4.79 Å². The molecule has 6 heteroatoms. The average Bonchev–Trinajstić information content (AvgIpc) is 2.39. The Labute approximate surface area is 128 Å². The fourth-order valence-corrected chi connectivity index (χ4v) is 2.93. The molecule has 114 valence electrons. The zero-order chi connectivity index (χ0) is 12.3. The predicted molar refractivity (Wildman–Crippen MR) is 83.1 cm³/mol. The van der Waals surface area contributed by atoms with E-state index >= 15 is 0 Å². The predicted octanol–water partition coefficient (Wildman–Crippen LogP) is 1.37. The molecule has 2 rings (SSSR count). The van der Waals surface area contributed by atoms with Crippen molar-refractivity contribution in [3.63, 3.8) is 0 Å². The van der Waals surface area contributed by atoms with Crippen molar-refractivity contribution in [3.8, 4) is 0 Å². The molecule has 2 N–H and O–H groups in total. The smallest absolute Gasteiger partial charge is 0.225 e. The maximum absolute atomic E-state index is 12.3. The Hall–Kier alpha value is -0.0300. The minimum absolute atomic E-state index is 0. The molecule has 19 heavy (non-hydrogen) atoms. The van der Waals surface area contributed by atoms with Gasteiger partial charge in [-0.15, -0.1) is 24.8 Å². The lowest BCUT2D eigenvalue weighted by Gasteiger charge is -2.36. The van der Waals surface area contributed by atoms with Crippen LogP contribution in [0.25, 0.3) is 0 Å². The van der Waals surface area contributed by atoms with Crippen molar-refractivity contribution in [1.82, 2.24) is 9.80 Å². The summed E-state index contributed by atoms with van der Waals surface area (Å²) in [5.41, 5.74) is 5.68.